The van der Waals surface area contributed by atoms with Crippen LogP contribution in [0.15, 0.2) is 24.3 Å². The highest BCUT2D eigenvalue weighted by atomic mass is 16.4. The molecule has 28 heavy (non-hydrogen) atoms. The predicted octanol–water partition coefficient (Wildman–Crippen LogP) is -0.470. The number of primary amides is 2. The molecule has 2 fully saturated rings. The van der Waals surface area contributed by atoms with E-state index < -0.39 is 11.9 Å². The maximum absolute atomic E-state index is 10.4. The Labute approximate surface area is 162 Å². The van der Waals surface area contributed by atoms with Gasteiger partial charge in [-0.1, -0.05) is 6.07 Å². The molecule has 2 saturated heterocycles. The van der Waals surface area contributed by atoms with Gasteiger partial charge in [0.1, 0.15) is 0 Å². The number of carbonyl (C=O) groups excluding carboxylic acids is 2. The second kappa shape index (κ2) is 11.7. The Bertz CT molecular complexity index is 642. The minimum Gasteiger partial charge on any atom is -0.478 e. The molecule has 0 spiro atoms. The largest absolute Gasteiger partial charge is 0.478 e. The van der Waals surface area contributed by atoms with Gasteiger partial charge in [0, 0.05) is 0 Å². The molecule has 0 saturated carbocycles. The van der Waals surface area contributed by atoms with E-state index in [4.69, 9.17) is 21.7 Å². The Morgan fingerprint density at radius 3 is 1.43 bits per heavy atom. The number of aromatic carboxylic acids is 2. The summed E-state index contributed by atoms with van der Waals surface area (Å²) in [5, 5.41) is 23.0. The molecule has 2 aliphatic heterocycles. The first kappa shape index (κ1) is 23.1. The van der Waals surface area contributed by atoms with Gasteiger partial charge in [0.15, 0.2) is 0 Å². The fraction of sp³-hybridized carbons (Fsp3) is 0.444. The number of rotatable bonds is 4. The molecular formula is C18H26N4O6. The zero-order valence-corrected chi connectivity index (χ0v) is 15.4. The van der Waals surface area contributed by atoms with E-state index in [0.29, 0.717) is 0 Å². The molecule has 0 bridgehead atoms. The van der Waals surface area contributed by atoms with Crippen LogP contribution in [0.25, 0.3) is 0 Å². The molecule has 2 amide bonds. The number of hydrogen-bond donors (Lipinski definition) is 6. The van der Waals surface area contributed by atoms with Crippen molar-refractivity contribution in [3.63, 3.8) is 0 Å². The van der Waals surface area contributed by atoms with Crippen LogP contribution in [0, 0.1) is 0 Å². The van der Waals surface area contributed by atoms with Crippen LogP contribution in [-0.4, -0.2) is 59.1 Å². The quantitative estimate of drug-likeness (QED) is 0.395. The number of carboxylic acid groups (broad SMARTS) is 2. The Morgan fingerprint density at radius 2 is 1.21 bits per heavy atom. The average Bonchev–Trinajstić information content (AvgIpc) is 3.36. The lowest BCUT2D eigenvalue weighted by Gasteiger charge is -2.01. The number of carbonyl (C=O) groups is 4. The molecule has 2 aliphatic rings. The summed E-state index contributed by atoms with van der Waals surface area (Å²) < 4.78 is 0. The zero-order valence-electron chi connectivity index (χ0n) is 15.4. The van der Waals surface area contributed by atoms with Gasteiger partial charge in [-0.25, -0.2) is 9.59 Å². The van der Waals surface area contributed by atoms with E-state index in [1.165, 1.54) is 18.2 Å². The number of nitrogens with two attached hydrogens (primary N) is 2. The number of hydrogen-bond acceptors (Lipinski definition) is 6. The molecule has 8 N–H and O–H groups in total. The van der Waals surface area contributed by atoms with E-state index >= 15 is 0 Å². The van der Waals surface area contributed by atoms with E-state index in [9.17, 15) is 19.2 Å². The highest BCUT2D eigenvalue weighted by Gasteiger charge is 2.18. The normalized spacial score (nSPS) is 20.1. The lowest BCUT2D eigenvalue weighted by Crippen LogP contribution is -2.36. The van der Waals surface area contributed by atoms with Crippen LogP contribution < -0.4 is 22.1 Å². The van der Waals surface area contributed by atoms with E-state index in [1.54, 1.807) is 0 Å². The van der Waals surface area contributed by atoms with E-state index in [0.717, 1.165) is 44.8 Å². The van der Waals surface area contributed by atoms with Crippen molar-refractivity contribution < 1.29 is 29.4 Å². The summed E-state index contributed by atoms with van der Waals surface area (Å²) in [7, 11) is 0. The molecule has 3 rings (SSSR count). The van der Waals surface area contributed by atoms with Gasteiger partial charge in [-0.2, -0.15) is 0 Å². The molecule has 154 valence electrons. The molecule has 10 nitrogen and oxygen atoms in total. The molecule has 0 radical (unpaired) electrons. The standard InChI is InChI=1S/C8H6O4.2C5H10N2O/c9-7(10)5-2-1-3-6(4-5)8(11)12;2*6-5(8)4-2-1-3-7-4/h1-4H,(H,9,10)(H,11,12);2*4,7H,1-3H2,(H2,6,8)/t;2*4-/m.00/s1. The maximum Gasteiger partial charge on any atom is 0.335 e. The van der Waals surface area contributed by atoms with Gasteiger partial charge >= 0.3 is 11.9 Å². The minimum atomic E-state index is -1.13. The number of carboxylic acids is 2. The van der Waals surface area contributed by atoms with Gasteiger partial charge in [0.25, 0.3) is 0 Å². The number of benzene rings is 1. The molecule has 10 heteroatoms. The fourth-order valence-corrected chi connectivity index (χ4v) is 2.64. The molecule has 0 unspecified atom stereocenters. The molecule has 1 aromatic rings. The topological polar surface area (TPSA) is 185 Å². The van der Waals surface area contributed by atoms with E-state index in [2.05, 4.69) is 10.6 Å². The SMILES string of the molecule is NC(=O)[C@@H]1CCCN1.NC(=O)[C@@H]1CCCN1.O=C(O)c1cccc(C(=O)O)c1. The van der Waals surface area contributed by atoms with Crippen LogP contribution in [-0.2, 0) is 9.59 Å². The molecule has 0 aromatic heterocycles. The van der Waals surface area contributed by atoms with Crippen molar-refractivity contribution in [2.24, 2.45) is 11.5 Å². The summed E-state index contributed by atoms with van der Waals surface area (Å²) in [5.41, 5.74) is 9.96. The summed E-state index contributed by atoms with van der Waals surface area (Å²) in [5.74, 6) is -2.69. The summed E-state index contributed by atoms with van der Waals surface area (Å²) >= 11 is 0. The van der Waals surface area contributed by atoms with Crippen molar-refractivity contribution in [2.75, 3.05) is 13.1 Å². The highest BCUT2D eigenvalue weighted by molar-refractivity contribution is 5.93. The number of nitrogens with one attached hydrogen (secondary N) is 2. The first-order valence-corrected chi connectivity index (χ1v) is 8.84. The van der Waals surface area contributed by atoms with Crippen LogP contribution >= 0.6 is 0 Å². The van der Waals surface area contributed by atoms with Gasteiger partial charge in [-0.15, -0.1) is 0 Å². The number of amides is 2. The van der Waals surface area contributed by atoms with Crippen molar-refractivity contribution in [1.82, 2.24) is 10.6 Å². The third-order valence-corrected chi connectivity index (χ3v) is 4.16. The maximum atomic E-state index is 10.4. The Balaban J connectivity index is 0.000000217. The van der Waals surface area contributed by atoms with Gasteiger partial charge in [0.05, 0.1) is 23.2 Å². The summed E-state index contributed by atoms with van der Waals surface area (Å²) in [4.78, 5) is 41.5. The van der Waals surface area contributed by atoms with E-state index in [-0.39, 0.29) is 35.0 Å². The Morgan fingerprint density at radius 1 is 0.821 bits per heavy atom. The lowest BCUT2D eigenvalue weighted by molar-refractivity contribution is -0.120. The van der Waals surface area contributed by atoms with Gasteiger partial charge in [-0.05, 0) is 57.0 Å². The summed E-state index contributed by atoms with van der Waals surface area (Å²) in [6, 6.07) is 5.10. The van der Waals surface area contributed by atoms with E-state index in [1.807, 2.05) is 0 Å². The van der Waals surface area contributed by atoms with Crippen molar-refractivity contribution >= 4 is 23.8 Å². The first-order valence-electron chi connectivity index (χ1n) is 8.84. The van der Waals surface area contributed by atoms with Crippen LogP contribution in [0.2, 0.25) is 0 Å². The van der Waals surface area contributed by atoms with Crippen molar-refractivity contribution in [1.29, 1.82) is 0 Å². The van der Waals surface area contributed by atoms with Gasteiger partial charge in [-0.3, -0.25) is 9.59 Å². The zero-order chi connectivity index (χ0) is 21.1. The summed E-state index contributed by atoms with van der Waals surface area (Å²) in [6.45, 7) is 1.88. The van der Waals surface area contributed by atoms with Crippen molar-refractivity contribution in [2.45, 2.75) is 37.8 Å². The predicted molar refractivity (Wildman–Crippen MR) is 101 cm³/mol. The van der Waals surface area contributed by atoms with Crippen LogP contribution in [0.5, 0.6) is 0 Å². The molecule has 0 aliphatic carbocycles. The Hall–Kier alpha value is -2.98. The minimum absolute atomic E-state index is 0.0186. The van der Waals surface area contributed by atoms with Crippen LogP contribution in [0.3, 0.4) is 0 Å². The third kappa shape index (κ3) is 8.14. The fourth-order valence-electron chi connectivity index (χ4n) is 2.64. The van der Waals surface area contributed by atoms with Crippen LogP contribution in [0.1, 0.15) is 46.4 Å². The molecular weight excluding hydrogens is 368 g/mol. The molecule has 2 atom stereocenters. The lowest BCUT2D eigenvalue weighted by atomic mass is 10.1. The smallest absolute Gasteiger partial charge is 0.335 e. The van der Waals surface area contributed by atoms with Crippen molar-refractivity contribution in [3.05, 3.63) is 35.4 Å². The van der Waals surface area contributed by atoms with Crippen LogP contribution in [0.4, 0.5) is 0 Å². The van der Waals surface area contributed by atoms with Crippen molar-refractivity contribution in [3.8, 4) is 0 Å². The first-order chi connectivity index (χ1) is 13.2. The average molecular weight is 394 g/mol. The second-order valence-corrected chi connectivity index (χ2v) is 6.29. The summed E-state index contributed by atoms with van der Waals surface area (Å²) in [6.07, 6.45) is 3.98. The third-order valence-electron chi connectivity index (χ3n) is 4.16. The monoisotopic (exact) mass is 394 g/mol. The molecule has 2 heterocycles. The van der Waals surface area contributed by atoms with Gasteiger partial charge < -0.3 is 32.3 Å². The second-order valence-electron chi connectivity index (χ2n) is 6.29. The highest BCUT2D eigenvalue weighted by Crippen LogP contribution is 2.05. The Kier molecular flexibility index (Phi) is 9.61. The molecule has 1 aromatic carbocycles. The van der Waals surface area contributed by atoms with Gasteiger partial charge in [0.2, 0.25) is 11.8 Å².